The van der Waals surface area contributed by atoms with Gasteiger partial charge in [0, 0.05) is 24.2 Å². The molecule has 1 N–H and O–H groups in total. The fraction of sp³-hybridized carbons (Fsp3) is 0.227. The van der Waals surface area contributed by atoms with Crippen LogP contribution < -0.4 is 4.90 Å². The van der Waals surface area contributed by atoms with E-state index in [1.165, 1.54) is 0 Å². The third-order valence-corrected chi connectivity index (χ3v) is 5.73. The summed E-state index contributed by atoms with van der Waals surface area (Å²) in [5, 5.41) is 11.3. The molecule has 1 aliphatic heterocycles. The SMILES string of the molecule is Cc1nc2c(C(=O)O)cc(N3CCOCC3)cc2n1-c1cnc2c(Cl)cccc2c1. The van der Waals surface area contributed by atoms with Crippen LogP contribution in [0.3, 0.4) is 0 Å². The van der Waals surface area contributed by atoms with Crippen molar-refractivity contribution in [3.05, 3.63) is 59.0 Å². The molecular weight excluding hydrogens is 404 g/mol. The number of aromatic carboxylic acids is 1. The van der Waals surface area contributed by atoms with Crippen LogP contribution in [-0.4, -0.2) is 51.9 Å². The van der Waals surface area contributed by atoms with Gasteiger partial charge in [-0.3, -0.25) is 9.55 Å². The Morgan fingerprint density at radius 1 is 1.13 bits per heavy atom. The second kappa shape index (κ2) is 7.27. The minimum absolute atomic E-state index is 0.188. The number of fused-ring (bicyclic) bond motifs is 2. The summed E-state index contributed by atoms with van der Waals surface area (Å²) in [4.78, 5) is 23.2. The van der Waals surface area contributed by atoms with E-state index in [4.69, 9.17) is 16.3 Å². The van der Waals surface area contributed by atoms with Gasteiger partial charge in [0.25, 0.3) is 0 Å². The number of imidazole rings is 1. The molecule has 4 aromatic rings. The number of pyridine rings is 1. The minimum Gasteiger partial charge on any atom is -0.478 e. The number of hydrogen-bond donors (Lipinski definition) is 1. The molecule has 1 saturated heterocycles. The molecule has 152 valence electrons. The van der Waals surface area contributed by atoms with Crippen molar-refractivity contribution in [2.24, 2.45) is 0 Å². The zero-order valence-corrected chi connectivity index (χ0v) is 17.1. The number of carboxylic acids is 1. The summed E-state index contributed by atoms with van der Waals surface area (Å²) in [7, 11) is 0. The van der Waals surface area contributed by atoms with Crippen LogP contribution in [0.25, 0.3) is 27.6 Å². The van der Waals surface area contributed by atoms with Gasteiger partial charge >= 0.3 is 5.97 Å². The molecule has 2 aromatic carbocycles. The van der Waals surface area contributed by atoms with Crippen molar-refractivity contribution < 1.29 is 14.6 Å². The Labute approximate surface area is 177 Å². The highest BCUT2D eigenvalue weighted by atomic mass is 35.5. The first-order chi connectivity index (χ1) is 14.5. The molecule has 0 bridgehead atoms. The van der Waals surface area contributed by atoms with Crippen molar-refractivity contribution >= 4 is 45.2 Å². The summed E-state index contributed by atoms with van der Waals surface area (Å²) in [6, 6.07) is 11.3. The third kappa shape index (κ3) is 3.07. The lowest BCUT2D eigenvalue weighted by Gasteiger charge is -2.29. The molecule has 3 heterocycles. The van der Waals surface area contributed by atoms with Gasteiger partial charge < -0.3 is 14.7 Å². The van der Waals surface area contributed by atoms with Crippen LogP contribution >= 0.6 is 11.6 Å². The molecule has 5 rings (SSSR count). The molecule has 0 aliphatic carbocycles. The van der Waals surface area contributed by atoms with Crippen molar-refractivity contribution in [1.29, 1.82) is 0 Å². The Morgan fingerprint density at radius 2 is 1.93 bits per heavy atom. The van der Waals surface area contributed by atoms with Gasteiger partial charge in [0.1, 0.15) is 11.3 Å². The summed E-state index contributed by atoms with van der Waals surface area (Å²) in [6.45, 7) is 4.53. The van der Waals surface area contributed by atoms with Crippen molar-refractivity contribution in [3.8, 4) is 5.69 Å². The van der Waals surface area contributed by atoms with Crippen LogP contribution in [0.5, 0.6) is 0 Å². The second-order valence-electron chi connectivity index (χ2n) is 7.27. The van der Waals surface area contributed by atoms with E-state index < -0.39 is 5.97 Å². The number of aryl methyl sites for hydroxylation is 1. The van der Waals surface area contributed by atoms with E-state index in [0.29, 0.717) is 42.7 Å². The summed E-state index contributed by atoms with van der Waals surface area (Å²) in [5.41, 5.74) is 3.76. The topological polar surface area (TPSA) is 80.5 Å². The number of aromatic nitrogens is 3. The Balaban J connectivity index is 1.75. The van der Waals surface area contributed by atoms with E-state index in [2.05, 4.69) is 14.9 Å². The highest BCUT2D eigenvalue weighted by Gasteiger charge is 2.21. The van der Waals surface area contributed by atoms with Crippen LogP contribution in [-0.2, 0) is 4.74 Å². The minimum atomic E-state index is -0.997. The summed E-state index contributed by atoms with van der Waals surface area (Å²) in [5.74, 6) is -0.307. The molecule has 8 heteroatoms. The maximum absolute atomic E-state index is 12.0. The van der Waals surface area contributed by atoms with Gasteiger partial charge in [-0.1, -0.05) is 23.7 Å². The standard InChI is InChI=1S/C22H19ClN4O3/c1-13-25-21-17(22(28)29)10-15(26-5-7-30-8-6-26)11-19(21)27(13)16-9-14-3-2-4-18(23)20(14)24-12-16/h2-4,9-12H,5-8H2,1H3,(H,28,29). The Morgan fingerprint density at radius 3 is 2.70 bits per heavy atom. The molecule has 0 amide bonds. The number of carbonyl (C=O) groups is 1. The fourth-order valence-corrected chi connectivity index (χ4v) is 4.24. The fourth-order valence-electron chi connectivity index (χ4n) is 4.01. The smallest absolute Gasteiger partial charge is 0.338 e. The van der Waals surface area contributed by atoms with Gasteiger partial charge in [-0.05, 0) is 31.2 Å². The number of ether oxygens (including phenoxy) is 1. The average molecular weight is 423 g/mol. The van der Waals surface area contributed by atoms with Gasteiger partial charge in [0.15, 0.2) is 0 Å². The highest BCUT2D eigenvalue weighted by Crippen LogP contribution is 2.31. The number of benzene rings is 2. The molecule has 2 aromatic heterocycles. The molecule has 1 fully saturated rings. The zero-order chi connectivity index (χ0) is 20.8. The van der Waals surface area contributed by atoms with Gasteiger partial charge in [-0.2, -0.15) is 0 Å². The number of nitrogens with zero attached hydrogens (tertiary/aromatic N) is 4. The molecule has 1 aliphatic rings. The molecule has 30 heavy (non-hydrogen) atoms. The molecule has 0 radical (unpaired) electrons. The lowest BCUT2D eigenvalue weighted by molar-refractivity contribution is 0.0699. The molecule has 0 saturated carbocycles. The Kier molecular flexibility index (Phi) is 4.56. The third-order valence-electron chi connectivity index (χ3n) is 5.42. The van der Waals surface area contributed by atoms with E-state index in [9.17, 15) is 9.90 Å². The summed E-state index contributed by atoms with van der Waals surface area (Å²) in [6.07, 6.45) is 1.74. The van der Waals surface area contributed by atoms with E-state index in [1.54, 1.807) is 12.3 Å². The zero-order valence-electron chi connectivity index (χ0n) is 16.3. The first-order valence-corrected chi connectivity index (χ1v) is 10.0. The lowest BCUT2D eigenvalue weighted by Crippen LogP contribution is -2.36. The monoisotopic (exact) mass is 422 g/mol. The van der Waals surface area contributed by atoms with Crippen LogP contribution in [0.2, 0.25) is 5.02 Å². The summed E-state index contributed by atoms with van der Waals surface area (Å²) >= 11 is 6.26. The van der Waals surface area contributed by atoms with Gasteiger partial charge in [-0.25, -0.2) is 9.78 Å². The number of anilines is 1. The van der Waals surface area contributed by atoms with E-state index in [0.717, 1.165) is 27.8 Å². The normalized spacial score (nSPS) is 14.5. The maximum Gasteiger partial charge on any atom is 0.338 e. The van der Waals surface area contributed by atoms with Crippen LogP contribution in [0, 0.1) is 6.92 Å². The largest absolute Gasteiger partial charge is 0.478 e. The first-order valence-electron chi connectivity index (χ1n) is 9.66. The average Bonchev–Trinajstić information content (AvgIpc) is 3.09. The van der Waals surface area contributed by atoms with Crippen molar-refractivity contribution in [3.63, 3.8) is 0 Å². The van der Waals surface area contributed by atoms with Gasteiger partial charge in [-0.15, -0.1) is 0 Å². The molecule has 7 nitrogen and oxygen atoms in total. The van der Waals surface area contributed by atoms with Crippen molar-refractivity contribution in [2.45, 2.75) is 6.92 Å². The predicted molar refractivity (Wildman–Crippen MR) is 116 cm³/mol. The highest BCUT2D eigenvalue weighted by molar-refractivity contribution is 6.35. The van der Waals surface area contributed by atoms with Crippen molar-refractivity contribution in [2.75, 3.05) is 31.2 Å². The number of rotatable bonds is 3. The van der Waals surface area contributed by atoms with Crippen LogP contribution in [0.1, 0.15) is 16.2 Å². The van der Waals surface area contributed by atoms with E-state index in [1.807, 2.05) is 41.8 Å². The van der Waals surface area contributed by atoms with Crippen LogP contribution in [0.4, 0.5) is 5.69 Å². The molecular formula is C22H19ClN4O3. The lowest BCUT2D eigenvalue weighted by atomic mass is 10.1. The number of carboxylic acid groups (broad SMARTS) is 1. The van der Waals surface area contributed by atoms with Gasteiger partial charge in [0.2, 0.25) is 0 Å². The van der Waals surface area contributed by atoms with Crippen molar-refractivity contribution in [1.82, 2.24) is 14.5 Å². The predicted octanol–water partition coefficient (Wildman–Crippen LogP) is 4.07. The second-order valence-corrected chi connectivity index (χ2v) is 7.67. The van der Waals surface area contributed by atoms with E-state index in [-0.39, 0.29) is 5.56 Å². The number of halogens is 1. The molecule has 0 atom stereocenters. The molecule has 0 spiro atoms. The Hall–Kier alpha value is -3.16. The van der Waals surface area contributed by atoms with Gasteiger partial charge in [0.05, 0.1) is 46.7 Å². The van der Waals surface area contributed by atoms with E-state index >= 15 is 0 Å². The first kappa shape index (κ1) is 18.8. The number of para-hydroxylation sites is 1. The molecule has 0 unspecified atom stereocenters. The Bertz CT molecular complexity index is 1290. The summed E-state index contributed by atoms with van der Waals surface area (Å²) < 4.78 is 7.38. The number of hydrogen-bond acceptors (Lipinski definition) is 5. The maximum atomic E-state index is 12.0. The quantitative estimate of drug-likeness (QED) is 0.536. The number of morpholine rings is 1. The van der Waals surface area contributed by atoms with Crippen LogP contribution in [0.15, 0.2) is 42.6 Å².